The zero-order valence-corrected chi connectivity index (χ0v) is 18.8. The van der Waals surface area contributed by atoms with Gasteiger partial charge in [-0.25, -0.2) is 13.4 Å². The molecule has 0 bridgehead atoms. The van der Waals surface area contributed by atoms with Crippen molar-refractivity contribution in [3.8, 4) is 11.3 Å². The van der Waals surface area contributed by atoms with Gasteiger partial charge in [0.05, 0.1) is 21.7 Å². The second-order valence-corrected chi connectivity index (χ2v) is 9.66. The second kappa shape index (κ2) is 8.84. The molecule has 2 amide bonds. The number of rotatable bonds is 4. The SMILES string of the molecule is Cc1ccc(-c2cc(C(=O)NNC(=O)c3cccc(S(C)(=O)=O)c3)c3ccccc3n2)cc1. The third kappa shape index (κ3) is 4.91. The lowest BCUT2D eigenvalue weighted by atomic mass is 10.0. The summed E-state index contributed by atoms with van der Waals surface area (Å²) in [7, 11) is -3.47. The first-order valence-corrected chi connectivity index (χ1v) is 12.0. The van der Waals surface area contributed by atoms with Crippen LogP contribution in [0.1, 0.15) is 26.3 Å². The van der Waals surface area contributed by atoms with Crippen LogP contribution in [-0.2, 0) is 9.84 Å². The molecule has 0 saturated heterocycles. The highest BCUT2D eigenvalue weighted by molar-refractivity contribution is 7.90. The molecule has 0 atom stereocenters. The van der Waals surface area contributed by atoms with E-state index in [1.165, 1.54) is 24.3 Å². The van der Waals surface area contributed by atoms with Crippen molar-refractivity contribution in [1.82, 2.24) is 15.8 Å². The van der Waals surface area contributed by atoms with Gasteiger partial charge in [0, 0.05) is 22.8 Å². The maximum Gasteiger partial charge on any atom is 0.270 e. The number of benzene rings is 3. The van der Waals surface area contributed by atoms with E-state index in [1.54, 1.807) is 12.1 Å². The number of pyridine rings is 1. The fourth-order valence-electron chi connectivity index (χ4n) is 3.36. The van der Waals surface area contributed by atoms with Gasteiger partial charge in [0.1, 0.15) is 0 Å². The van der Waals surface area contributed by atoms with E-state index in [2.05, 4.69) is 15.8 Å². The highest BCUT2D eigenvalue weighted by atomic mass is 32.2. The van der Waals surface area contributed by atoms with Crippen LogP contribution >= 0.6 is 0 Å². The number of amides is 2. The first kappa shape index (κ1) is 22.2. The molecule has 33 heavy (non-hydrogen) atoms. The first-order chi connectivity index (χ1) is 15.7. The van der Waals surface area contributed by atoms with Crippen LogP contribution in [-0.4, -0.2) is 31.5 Å². The van der Waals surface area contributed by atoms with Crippen LogP contribution in [0, 0.1) is 6.92 Å². The molecule has 7 nitrogen and oxygen atoms in total. The van der Waals surface area contributed by atoms with E-state index in [4.69, 9.17) is 0 Å². The summed E-state index contributed by atoms with van der Waals surface area (Å²) in [6.07, 6.45) is 1.06. The summed E-state index contributed by atoms with van der Waals surface area (Å²) < 4.78 is 23.5. The van der Waals surface area contributed by atoms with Crippen molar-refractivity contribution in [2.45, 2.75) is 11.8 Å². The topological polar surface area (TPSA) is 105 Å². The molecule has 0 fully saturated rings. The molecular weight excluding hydrogens is 438 g/mol. The number of carbonyl (C=O) groups is 2. The lowest BCUT2D eigenvalue weighted by Crippen LogP contribution is -2.41. The number of hydrogen-bond donors (Lipinski definition) is 2. The van der Waals surface area contributed by atoms with Gasteiger partial charge in [0.2, 0.25) is 0 Å². The molecule has 2 N–H and O–H groups in total. The Balaban J connectivity index is 1.62. The van der Waals surface area contributed by atoms with Crippen molar-refractivity contribution in [2.75, 3.05) is 6.26 Å². The number of aromatic nitrogens is 1. The molecule has 166 valence electrons. The van der Waals surface area contributed by atoms with Crippen LogP contribution in [0.2, 0.25) is 0 Å². The molecule has 3 aromatic carbocycles. The quantitative estimate of drug-likeness (QED) is 0.453. The smallest absolute Gasteiger partial charge is 0.267 e. The van der Waals surface area contributed by atoms with Gasteiger partial charge >= 0.3 is 0 Å². The van der Waals surface area contributed by atoms with Gasteiger partial charge in [-0.05, 0) is 37.3 Å². The Hall–Kier alpha value is -4.04. The van der Waals surface area contributed by atoms with Crippen molar-refractivity contribution >= 4 is 32.6 Å². The number of carbonyl (C=O) groups excluding carboxylic acids is 2. The van der Waals surface area contributed by atoms with Gasteiger partial charge in [-0.15, -0.1) is 0 Å². The molecule has 4 rings (SSSR count). The van der Waals surface area contributed by atoms with Crippen LogP contribution < -0.4 is 10.9 Å². The standard InChI is InChI=1S/C25H21N3O4S/c1-16-10-12-17(13-11-16)23-15-21(20-8-3-4-9-22(20)26-23)25(30)28-27-24(29)18-6-5-7-19(14-18)33(2,31)32/h3-15H,1-2H3,(H,27,29)(H,28,30). The van der Waals surface area contributed by atoms with E-state index >= 15 is 0 Å². The van der Waals surface area contributed by atoms with Crippen molar-refractivity contribution < 1.29 is 18.0 Å². The minimum atomic E-state index is -3.47. The zero-order valence-electron chi connectivity index (χ0n) is 18.0. The summed E-state index contributed by atoms with van der Waals surface area (Å²) in [5, 5.41) is 0.638. The van der Waals surface area contributed by atoms with Gasteiger partial charge in [-0.1, -0.05) is 54.1 Å². The summed E-state index contributed by atoms with van der Waals surface area (Å²) >= 11 is 0. The normalized spacial score (nSPS) is 11.2. The summed E-state index contributed by atoms with van der Waals surface area (Å²) in [6.45, 7) is 1.99. The van der Waals surface area contributed by atoms with Crippen LogP contribution in [0.15, 0.2) is 83.8 Å². The number of sulfone groups is 1. The maximum absolute atomic E-state index is 13.0. The predicted molar refractivity (Wildman–Crippen MR) is 126 cm³/mol. The molecule has 8 heteroatoms. The largest absolute Gasteiger partial charge is 0.270 e. The number of nitrogens with one attached hydrogen (secondary N) is 2. The monoisotopic (exact) mass is 459 g/mol. The summed E-state index contributed by atoms with van der Waals surface area (Å²) in [6, 6.07) is 22.3. The van der Waals surface area contributed by atoms with Crippen LogP contribution in [0.5, 0.6) is 0 Å². The number of hydrazine groups is 1. The highest BCUT2D eigenvalue weighted by Gasteiger charge is 2.16. The maximum atomic E-state index is 13.0. The molecule has 0 aliphatic carbocycles. The fourth-order valence-corrected chi connectivity index (χ4v) is 4.02. The Morgan fingerprint density at radius 1 is 0.818 bits per heavy atom. The third-order valence-corrected chi connectivity index (χ3v) is 6.23. The van der Waals surface area contributed by atoms with Crippen molar-refractivity contribution in [3.63, 3.8) is 0 Å². The van der Waals surface area contributed by atoms with Gasteiger partial charge in [0.15, 0.2) is 9.84 Å². The van der Waals surface area contributed by atoms with E-state index in [0.29, 0.717) is 22.2 Å². The number of hydrogen-bond acceptors (Lipinski definition) is 5. The molecular formula is C25H21N3O4S. The van der Waals surface area contributed by atoms with Gasteiger partial charge < -0.3 is 0 Å². The minimum absolute atomic E-state index is 0.0179. The van der Waals surface area contributed by atoms with Crippen LogP contribution in [0.3, 0.4) is 0 Å². The van der Waals surface area contributed by atoms with Gasteiger partial charge in [-0.2, -0.15) is 0 Å². The average molecular weight is 460 g/mol. The molecule has 0 radical (unpaired) electrons. The minimum Gasteiger partial charge on any atom is -0.267 e. The number of nitrogens with zero attached hydrogens (tertiary/aromatic N) is 1. The van der Waals surface area contributed by atoms with Crippen molar-refractivity contribution in [1.29, 1.82) is 0 Å². The molecule has 0 unspecified atom stereocenters. The van der Waals surface area contributed by atoms with E-state index in [1.807, 2.05) is 49.4 Å². The highest BCUT2D eigenvalue weighted by Crippen LogP contribution is 2.25. The Morgan fingerprint density at radius 3 is 2.24 bits per heavy atom. The van der Waals surface area contributed by atoms with E-state index in [0.717, 1.165) is 17.4 Å². The lowest BCUT2D eigenvalue weighted by molar-refractivity contribution is 0.0847. The third-order valence-electron chi connectivity index (χ3n) is 5.12. The second-order valence-electron chi connectivity index (χ2n) is 7.65. The molecule has 1 heterocycles. The molecule has 0 spiro atoms. The summed E-state index contributed by atoms with van der Waals surface area (Å²) in [5.74, 6) is -1.15. The average Bonchev–Trinajstić information content (AvgIpc) is 2.81. The summed E-state index contributed by atoms with van der Waals surface area (Å²) in [4.78, 5) is 30.2. The Bertz CT molecular complexity index is 1480. The van der Waals surface area contributed by atoms with Crippen LogP contribution in [0.25, 0.3) is 22.2 Å². The first-order valence-electron chi connectivity index (χ1n) is 10.1. The Labute approximate surface area is 191 Å². The molecule has 0 saturated carbocycles. The number of para-hydroxylation sites is 1. The number of fused-ring (bicyclic) bond motifs is 1. The van der Waals surface area contributed by atoms with Crippen molar-refractivity contribution in [3.05, 3.63) is 95.6 Å². The Kier molecular flexibility index (Phi) is 5.93. The zero-order chi connectivity index (χ0) is 23.6. The molecule has 0 aliphatic heterocycles. The van der Waals surface area contributed by atoms with E-state index in [9.17, 15) is 18.0 Å². The molecule has 4 aromatic rings. The number of aryl methyl sites for hydroxylation is 1. The van der Waals surface area contributed by atoms with Gasteiger partial charge in [0.25, 0.3) is 11.8 Å². The van der Waals surface area contributed by atoms with E-state index < -0.39 is 21.7 Å². The fraction of sp³-hybridized carbons (Fsp3) is 0.0800. The predicted octanol–water partition coefficient (Wildman–Crippen LogP) is 3.69. The van der Waals surface area contributed by atoms with Gasteiger partial charge in [-0.3, -0.25) is 20.4 Å². The summed E-state index contributed by atoms with van der Waals surface area (Å²) in [5.41, 5.74) is 8.48. The molecule has 0 aliphatic rings. The van der Waals surface area contributed by atoms with E-state index in [-0.39, 0.29) is 10.5 Å². The lowest BCUT2D eigenvalue weighted by Gasteiger charge is -2.12. The van der Waals surface area contributed by atoms with Crippen molar-refractivity contribution in [2.24, 2.45) is 0 Å². The Morgan fingerprint density at radius 2 is 1.52 bits per heavy atom. The molecule has 1 aromatic heterocycles. The van der Waals surface area contributed by atoms with Crippen LogP contribution in [0.4, 0.5) is 0 Å².